The van der Waals surface area contributed by atoms with Crippen molar-refractivity contribution in [3.63, 3.8) is 0 Å². The molecule has 0 aromatic carbocycles. The van der Waals surface area contributed by atoms with E-state index in [0.29, 0.717) is 13.2 Å². The first-order chi connectivity index (χ1) is 10.6. The Morgan fingerprint density at radius 3 is 3.09 bits per heavy atom. The highest BCUT2D eigenvalue weighted by atomic mass is 32.1. The number of nitrogens with one attached hydrogen (secondary N) is 1. The number of thiophene rings is 1. The van der Waals surface area contributed by atoms with E-state index >= 15 is 0 Å². The molecule has 1 aromatic rings. The summed E-state index contributed by atoms with van der Waals surface area (Å²) in [6.07, 6.45) is 1.09. The Labute approximate surface area is 137 Å². The largest absolute Gasteiger partial charge is 0.374 e. The second kappa shape index (κ2) is 8.62. The van der Waals surface area contributed by atoms with Gasteiger partial charge in [-0.3, -0.25) is 9.69 Å². The number of amides is 1. The molecule has 124 valence electrons. The number of hydrogen-bond donors (Lipinski definition) is 1. The molecule has 22 heavy (non-hydrogen) atoms. The van der Waals surface area contributed by atoms with Crippen LogP contribution in [-0.4, -0.2) is 74.7 Å². The van der Waals surface area contributed by atoms with E-state index in [2.05, 4.69) is 26.6 Å². The number of carbonyl (C=O) groups is 1. The van der Waals surface area contributed by atoms with Crippen LogP contribution < -0.4 is 5.32 Å². The molecule has 5 nitrogen and oxygen atoms in total. The summed E-state index contributed by atoms with van der Waals surface area (Å²) in [6, 6.07) is 4.05. The lowest BCUT2D eigenvalue weighted by atomic mass is 10.2. The molecule has 1 fully saturated rings. The Hall–Kier alpha value is -0.950. The van der Waals surface area contributed by atoms with E-state index in [1.165, 1.54) is 4.88 Å². The number of rotatable bonds is 7. The van der Waals surface area contributed by atoms with Crippen molar-refractivity contribution in [3.05, 3.63) is 22.4 Å². The molecular weight excluding hydrogens is 298 g/mol. The fourth-order valence-corrected chi connectivity index (χ4v) is 3.40. The molecule has 1 N–H and O–H groups in total. The molecule has 0 aliphatic carbocycles. The number of hydrogen-bond acceptors (Lipinski definition) is 5. The summed E-state index contributed by atoms with van der Waals surface area (Å²) in [5.74, 6) is 0.113. The zero-order valence-electron chi connectivity index (χ0n) is 13.7. The van der Waals surface area contributed by atoms with Crippen molar-refractivity contribution in [2.45, 2.75) is 25.5 Å². The van der Waals surface area contributed by atoms with Gasteiger partial charge < -0.3 is 15.0 Å². The van der Waals surface area contributed by atoms with Crippen molar-refractivity contribution in [2.24, 2.45) is 0 Å². The smallest absolute Gasteiger partial charge is 0.237 e. The average Bonchev–Trinajstić information content (AvgIpc) is 2.99. The lowest BCUT2D eigenvalue weighted by Crippen LogP contribution is -2.54. The van der Waals surface area contributed by atoms with Crippen LogP contribution in [0.3, 0.4) is 0 Å². The Morgan fingerprint density at radius 2 is 2.41 bits per heavy atom. The highest BCUT2D eigenvalue weighted by Gasteiger charge is 2.27. The second-order valence-corrected chi connectivity index (χ2v) is 7.08. The monoisotopic (exact) mass is 325 g/mol. The van der Waals surface area contributed by atoms with Crippen LogP contribution in [0.5, 0.6) is 0 Å². The second-order valence-electron chi connectivity index (χ2n) is 6.05. The molecular formula is C16H27N3O2S. The van der Waals surface area contributed by atoms with Gasteiger partial charge in [0.1, 0.15) is 0 Å². The SMILES string of the molecule is C[C@@H](C(=O)NCCc1cccs1)N1CCO[C@@H](CN(C)C)C1. The van der Waals surface area contributed by atoms with E-state index in [-0.39, 0.29) is 18.1 Å². The maximum Gasteiger partial charge on any atom is 0.237 e. The molecule has 0 radical (unpaired) electrons. The number of ether oxygens (including phenoxy) is 1. The summed E-state index contributed by atoms with van der Waals surface area (Å²) in [4.78, 5) is 18.0. The third-order valence-corrected chi connectivity index (χ3v) is 4.85. The van der Waals surface area contributed by atoms with Crippen molar-refractivity contribution in [2.75, 3.05) is 46.9 Å². The van der Waals surface area contributed by atoms with Gasteiger partial charge in [-0.15, -0.1) is 11.3 Å². The van der Waals surface area contributed by atoms with E-state index in [9.17, 15) is 4.79 Å². The Bertz CT molecular complexity index is 450. The third-order valence-electron chi connectivity index (χ3n) is 3.92. The maximum atomic E-state index is 12.3. The molecule has 1 aliphatic heterocycles. The average molecular weight is 325 g/mol. The molecule has 6 heteroatoms. The summed E-state index contributed by atoms with van der Waals surface area (Å²) in [7, 11) is 4.09. The summed E-state index contributed by atoms with van der Waals surface area (Å²) in [5, 5.41) is 5.12. The zero-order chi connectivity index (χ0) is 15.9. The molecule has 0 spiro atoms. The number of nitrogens with zero attached hydrogens (tertiary/aromatic N) is 2. The van der Waals surface area contributed by atoms with E-state index in [1.54, 1.807) is 11.3 Å². The lowest BCUT2D eigenvalue weighted by Gasteiger charge is -2.37. The van der Waals surface area contributed by atoms with Crippen LogP contribution in [0.15, 0.2) is 17.5 Å². The van der Waals surface area contributed by atoms with Gasteiger partial charge in [0, 0.05) is 31.1 Å². The van der Waals surface area contributed by atoms with Crippen LogP contribution in [0.1, 0.15) is 11.8 Å². The van der Waals surface area contributed by atoms with E-state index in [1.807, 2.05) is 27.1 Å². The van der Waals surface area contributed by atoms with Crippen molar-refractivity contribution >= 4 is 17.2 Å². The van der Waals surface area contributed by atoms with Crippen molar-refractivity contribution in [3.8, 4) is 0 Å². The first kappa shape index (κ1) is 17.4. The fourth-order valence-electron chi connectivity index (χ4n) is 2.69. The predicted octanol–water partition coefficient (Wildman–Crippen LogP) is 1.06. The molecule has 1 aliphatic rings. The molecule has 2 rings (SSSR count). The standard InChI is InChI=1S/C16H27N3O2S/c1-13(16(20)17-7-6-15-5-4-10-22-15)19-8-9-21-14(12-19)11-18(2)3/h4-5,10,13-14H,6-9,11-12H2,1-3H3,(H,17,20)/t13-,14-/m0/s1. The lowest BCUT2D eigenvalue weighted by molar-refractivity contribution is -0.129. The first-order valence-corrected chi connectivity index (χ1v) is 8.74. The molecule has 1 aromatic heterocycles. The van der Waals surface area contributed by atoms with Gasteiger partial charge in [-0.25, -0.2) is 0 Å². The van der Waals surface area contributed by atoms with Crippen LogP contribution in [0.2, 0.25) is 0 Å². The van der Waals surface area contributed by atoms with Gasteiger partial charge in [-0.05, 0) is 38.9 Å². The molecule has 1 saturated heterocycles. The Morgan fingerprint density at radius 1 is 1.59 bits per heavy atom. The summed E-state index contributed by atoms with van der Waals surface area (Å²) in [5.41, 5.74) is 0. The van der Waals surface area contributed by atoms with Gasteiger partial charge in [0.15, 0.2) is 0 Å². The summed E-state index contributed by atoms with van der Waals surface area (Å²) in [6.45, 7) is 5.92. The highest BCUT2D eigenvalue weighted by molar-refractivity contribution is 7.09. The van der Waals surface area contributed by atoms with Gasteiger partial charge in [0.05, 0.1) is 18.8 Å². The van der Waals surface area contributed by atoms with E-state index < -0.39 is 0 Å². The van der Waals surface area contributed by atoms with Crippen LogP contribution in [0.25, 0.3) is 0 Å². The number of likely N-dealkylation sites (N-methyl/N-ethyl adjacent to an activating group) is 1. The van der Waals surface area contributed by atoms with Crippen molar-refractivity contribution < 1.29 is 9.53 Å². The summed E-state index contributed by atoms with van der Waals surface area (Å²) >= 11 is 1.73. The van der Waals surface area contributed by atoms with Crippen LogP contribution in [-0.2, 0) is 16.0 Å². The predicted molar refractivity (Wildman–Crippen MR) is 90.4 cm³/mol. The van der Waals surface area contributed by atoms with Gasteiger partial charge in [-0.2, -0.15) is 0 Å². The quantitative estimate of drug-likeness (QED) is 0.814. The molecule has 2 atom stereocenters. The van der Waals surface area contributed by atoms with Gasteiger partial charge in [0.2, 0.25) is 5.91 Å². The minimum Gasteiger partial charge on any atom is -0.374 e. The fraction of sp³-hybridized carbons (Fsp3) is 0.688. The van der Waals surface area contributed by atoms with Crippen LogP contribution >= 0.6 is 11.3 Å². The normalized spacial score (nSPS) is 21.0. The zero-order valence-corrected chi connectivity index (χ0v) is 14.6. The van der Waals surface area contributed by atoms with Crippen molar-refractivity contribution in [1.29, 1.82) is 0 Å². The first-order valence-electron chi connectivity index (χ1n) is 7.86. The van der Waals surface area contributed by atoms with E-state index in [0.717, 1.165) is 26.1 Å². The Balaban J connectivity index is 1.74. The van der Waals surface area contributed by atoms with Crippen LogP contribution in [0, 0.1) is 0 Å². The highest BCUT2D eigenvalue weighted by Crippen LogP contribution is 2.11. The number of carbonyl (C=O) groups excluding carboxylic acids is 1. The summed E-state index contributed by atoms with van der Waals surface area (Å²) < 4.78 is 5.77. The van der Waals surface area contributed by atoms with Gasteiger partial charge in [-0.1, -0.05) is 6.07 Å². The topological polar surface area (TPSA) is 44.8 Å². The Kier molecular flexibility index (Phi) is 6.82. The van der Waals surface area contributed by atoms with Gasteiger partial charge >= 0.3 is 0 Å². The molecule has 0 bridgehead atoms. The maximum absolute atomic E-state index is 12.3. The number of morpholine rings is 1. The minimum atomic E-state index is -0.100. The van der Waals surface area contributed by atoms with E-state index in [4.69, 9.17) is 4.74 Å². The minimum absolute atomic E-state index is 0.100. The molecule has 1 amide bonds. The molecule has 2 heterocycles. The van der Waals surface area contributed by atoms with Gasteiger partial charge in [0.25, 0.3) is 0 Å². The van der Waals surface area contributed by atoms with Crippen molar-refractivity contribution in [1.82, 2.24) is 15.1 Å². The van der Waals surface area contributed by atoms with Crippen LogP contribution in [0.4, 0.5) is 0 Å². The molecule has 0 unspecified atom stereocenters. The third kappa shape index (κ3) is 5.35. The molecule has 0 saturated carbocycles.